The summed E-state index contributed by atoms with van der Waals surface area (Å²) < 4.78 is 1.05. The first kappa shape index (κ1) is 15.2. The Balaban J connectivity index is 1.70. The van der Waals surface area contributed by atoms with Gasteiger partial charge in [-0.05, 0) is 18.2 Å². The van der Waals surface area contributed by atoms with E-state index < -0.39 is 0 Å². The minimum Gasteiger partial charge on any atom is -0.253 e. The van der Waals surface area contributed by atoms with Gasteiger partial charge >= 0.3 is 0 Å². The lowest BCUT2D eigenvalue weighted by Gasteiger charge is -1.97. The van der Waals surface area contributed by atoms with Gasteiger partial charge in [0.05, 0.1) is 11.9 Å². The van der Waals surface area contributed by atoms with Crippen molar-refractivity contribution >= 4 is 50.2 Å². The molecule has 0 amide bonds. The van der Waals surface area contributed by atoms with Crippen molar-refractivity contribution in [3.8, 4) is 11.3 Å². The molecule has 0 unspecified atom stereocenters. The topological polar surface area (TPSA) is 37.3 Å². The Hall–Kier alpha value is -1.69. The number of anilines is 1. The maximum atomic E-state index is 6.07. The van der Waals surface area contributed by atoms with Crippen LogP contribution in [0.1, 0.15) is 5.56 Å². The van der Waals surface area contributed by atoms with E-state index >= 15 is 0 Å². The molecule has 3 rings (SSSR count). The fraction of sp³-hybridized carbons (Fsp3) is 0. The van der Waals surface area contributed by atoms with E-state index in [4.69, 9.17) is 11.6 Å². The lowest BCUT2D eigenvalue weighted by Crippen LogP contribution is -1.90. The fourth-order valence-electron chi connectivity index (χ4n) is 1.82. The van der Waals surface area contributed by atoms with Crippen LogP contribution in [-0.2, 0) is 0 Å². The first-order valence-electron chi connectivity index (χ1n) is 6.47. The fourth-order valence-corrected chi connectivity index (χ4v) is 2.93. The molecule has 0 spiro atoms. The van der Waals surface area contributed by atoms with Gasteiger partial charge in [0.25, 0.3) is 0 Å². The molecule has 0 fully saturated rings. The Morgan fingerprint density at radius 3 is 2.68 bits per heavy atom. The summed E-state index contributed by atoms with van der Waals surface area (Å²) in [6.07, 6.45) is 1.68. The van der Waals surface area contributed by atoms with Gasteiger partial charge < -0.3 is 0 Å². The molecule has 110 valence electrons. The van der Waals surface area contributed by atoms with Gasteiger partial charge in [-0.1, -0.05) is 57.9 Å². The van der Waals surface area contributed by atoms with Crippen molar-refractivity contribution in [1.82, 2.24) is 4.98 Å². The van der Waals surface area contributed by atoms with Gasteiger partial charge in [0.15, 0.2) is 0 Å². The second kappa shape index (κ2) is 7.05. The number of benzene rings is 2. The van der Waals surface area contributed by atoms with Gasteiger partial charge in [0, 0.05) is 26.0 Å². The molecule has 0 atom stereocenters. The molecule has 0 aliphatic carbocycles. The zero-order chi connectivity index (χ0) is 15.4. The number of hydrazone groups is 1. The summed E-state index contributed by atoms with van der Waals surface area (Å²) >= 11 is 11.0. The van der Waals surface area contributed by atoms with Crippen molar-refractivity contribution in [2.24, 2.45) is 5.10 Å². The molecular weight excluding hydrogens is 382 g/mol. The minimum atomic E-state index is 0.669. The Morgan fingerprint density at radius 2 is 1.91 bits per heavy atom. The summed E-state index contributed by atoms with van der Waals surface area (Å²) in [5, 5.41) is 7.58. The highest BCUT2D eigenvalue weighted by atomic mass is 79.9. The first-order valence-corrected chi connectivity index (χ1v) is 8.52. The van der Waals surface area contributed by atoms with Crippen LogP contribution in [0.25, 0.3) is 11.3 Å². The van der Waals surface area contributed by atoms with Gasteiger partial charge in [-0.2, -0.15) is 5.10 Å². The van der Waals surface area contributed by atoms with Crippen LogP contribution in [0.4, 0.5) is 5.13 Å². The van der Waals surface area contributed by atoms with Crippen LogP contribution < -0.4 is 5.43 Å². The van der Waals surface area contributed by atoms with Crippen molar-refractivity contribution in [3.63, 3.8) is 0 Å². The maximum absolute atomic E-state index is 6.07. The number of rotatable bonds is 4. The molecule has 3 aromatic rings. The van der Waals surface area contributed by atoms with E-state index in [1.54, 1.807) is 6.21 Å². The van der Waals surface area contributed by atoms with Crippen molar-refractivity contribution in [1.29, 1.82) is 0 Å². The molecule has 3 nitrogen and oxygen atoms in total. The molecule has 0 aliphatic rings. The third-order valence-corrected chi connectivity index (χ3v) is 4.53. The van der Waals surface area contributed by atoms with E-state index in [1.165, 1.54) is 11.3 Å². The quantitative estimate of drug-likeness (QED) is 0.458. The number of thiazole rings is 1. The zero-order valence-corrected chi connectivity index (χ0v) is 14.5. The molecular formula is C16H11BrClN3S. The van der Waals surface area contributed by atoms with Crippen LogP contribution in [0.5, 0.6) is 0 Å². The van der Waals surface area contributed by atoms with E-state index in [1.807, 2.05) is 53.9 Å². The summed E-state index contributed by atoms with van der Waals surface area (Å²) in [6, 6.07) is 15.6. The standard InChI is InChI=1S/C16H11BrClN3S/c17-13-7-5-11(6-8-13)15-10-22-16(20-15)21-19-9-12-3-1-2-4-14(12)18/h1-10H,(H,20,21)/b19-9+. The molecule has 0 saturated carbocycles. The molecule has 1 heterocycles. The molecule has 1 aromatic heterocycles. The highest BCUT2D eigenvalue weighted by Gasteiger charge is 2.03. The molecule has 0 bridgehead atoms. The highest BCUT2D eigenvalue weighted by Crippen LogP contribution is 2.26. The SMILES string of the molecule is Clc1ccccc1/C=N/Nc1nc(-c2ccc(Br)cc2)cs1. The average molecular weight is 393 g/mol. The highest BCUT2D eigenvalue weighted by molar-refractivity contribution is 9.10. The largest absolute Gasteiger partial charge is 0.253 e. The minimum absolute atomic E-state index is 0.669. The molecule has 0 aliphatic heterocycles. The van der Waals surface area contributed by atoms with Crippen LogP contribution in [-0.4, -0.2) is 11.2 Å². The second-order valence-electron chi connectivity index (χ2n) is 4.44. The van der Waals surface area contributed by atoms with Crippen molar-refractivity contribution in [3.05, 3.63) is 69.0 Å². The van der Waals surface area contributed by atoms with Crippen molar-refractivity contribution in [2.45, 2.75) is 0 Å². The molecule has 6 heteroatoms. The summed E-state index contributed by atoms with van der Waals surface area (Å²) in [4.78, 5) is 4.51. The van der Waals surface area contributed by atoms with Crippen LogP contribution in [0.3, 0.4) is 0 Å². The molecule has 0 saturated heterocycles. The van der Waals surface area contributed by atoms with Gasteiger partial charge in [-0.3, -0.25) is 5.43 Å². The summed E-state index contributed by atoms with van der Waals surface area (Å²) in [7, 11) is 0. The number of nitrogens with one attached hydrogen (secondary N) is 1. The molecule has 0 radical (unpaired) electrons. The van der Waals surface area contributed by atoms with Gasteiger partial charge in [-0.25, -0.2) is 4.98 Å². The number of halogens is 2. The predicted molar refractivity (Wildman–Crippen MR) is 97.9 cm³/mol. The smallest absolute Gasteiger partial charge is 0.203 e. The van der Waals surface area contributed by atoms with E-state index in [0.717, 1.165) is 26.4 Å². The predicted octanol–water partition coefficient (Wildman–Crippen LogP) is 5.67. The number of nitrogens with zero attached hydrogens (tertiary/aromatic N) is 2. The number of hydrogen-bond acceptors (Lipinski definition) is 4. The summed E-state index contributed by atoms with van der Waals surface area (Å²) in [5.41, 5.74) is 5.79. The number of aromatic nitrogens is 1. The van der Waals surface area contributed by atoms with Crippen LogP contribution in [0.15, 0.2) is 63.5 Å². The Morgan fingerprint density at radius 1 is 1.14 bits per heavy atom. The Bertz CT molecular complexity index is 799. The monoisotopic (exact) mass is 391 g/mol. The lowest BCUT2D eigenvalue weighted by molar-refractivity contribution is 1.29. The first-order chi connectivity index (χ1) is 10.7. The summed E-state index contributed by atoms with van der Waals surface area (Å²) in [5.74, 6) is 0. The van der Waals surface area contributed by atoms with Gasteiger partial charge in [-0.15, -0.1) is 11.3 Å². The lowest BCUT2D eigenvalue weighted by atomic mass is 10.2. The molecule has 2 aromatic carbocycles. The van der Waals surface area contributed by atoms with E-state index in [-0.39, 0.29) is 0 Å². The van der Waals surface area contributed by atoms with Gasteiger partial charge in [0.1, 0.15) is 0 Å². The molecule has 22 heavy (non-hydrogen) atoms. The Labute approximate surface area is 145 Å². The van der Waals surface area contributed by atoms with Crippen LogP contribution >= 0.6 is 38.9 Å². The average Bonchev–Trinajstić information content (AvgIpc) is 2.99. The second-order valence-corrected chi connectivity index (χ2v) is 6.62. The van der Waals surface area contributed by atoms with Crippen LogP contribution in [0, 0.1) is 0 Å². The van der Waals surface area contributed by atoms with E-state index in [0.29, 0.717) is 5.02 Å². The Kier molecular flexibility index (Phi) is 4.87. The normalized spacial score (nSPS) is 11.0. The van der Waals surface area contributed by atoms with E-state index in [2.05, 4.69) is 31.4 Å². The third-order valence-electron chi connectivity index (χ3n) is 2.91. The maximum Gasteiger partial charge on any atom is 0.203 e. The number of hydrogen-bond donors (Lipinski definition) is 1. The van der Waals surface area contributed by atoms with Crippen LogP contribution in [0.2, 0.25) is 5.02 Å². The molecule has 1 N–H and O–H groups in total. The van der Waals surface area contributed by atoms with Crippen molar-refractivity contribution < 1.29 is 0 Å². The van der Waals surface area contributed by atoms with Crippen molar-refractivity contribution in [2.75, 3.05) is 5.43 Å². The van der Waals surface area contributed by atoms with Gasteiger partial charge in [0.2, 0.25) is 5.13 Å². The third kappa shape index (κ3) is 3.74. The summed E-state index contributed by atoms with van der Waals surface area (Å²) in [6.45, 7) is 0. The zero-order valence-electron chi connectivity index (χ0n) is 11.3. The van der Waals surface area contributed by atoms with E-state index in [9.17, 15) is 0 Å².